The molecule has 1 aromatic rings. The van der Waals surface area contributed by atoms with Crippen LogP contribution in [0.2, 0.25) is 0 Å². The topological polar surface area (TPSA) is 75.1 Å². The second-order valence-corrected chi connectivity index (χ2v) is 3.35. The molecule has 5 nitrogen and oxygen atoms in total. The van der Waals surface area contributed by atoms with Gasteiger partial charge in [0, 0.05) is 11.8 Å². The Labute approximate surface area is 88.6 Å². The van der Waals surface area contributed by atoms with E-state index in [1.54, 1.807) is 19.9 Å². The minimum Gasteiger partial charge on any atom is -0.480 e. The maximum absolute atomic E-state index is 10.6. The number of rotatable bonds is 4. The molecule has 0 aliphatic heterocycles. The highest BCUT2D eigenvalue weighted by molar-refractivity contribution is 5.76. The third kappa shape index (κ3) is 3.19. The van der Waals surface area contributed by atoms with E-state index in [1.807, 2.05) is 6.92 Å². The van der Waals surface area contributed by atoms with Crippen LogP contribution in [0.3, 0.4) is 0 Å². The monoisotopic (exact) mass is 209 g/mol. The minimum atomic E-state index is -0.899. The molecule has 0 bridgehead atoms. The molecule has 15 heavy (non-hydrogen) atoms. The number of anilines is 1. The van der Waals surface area contributed by atoms with Crippen LogP contribution in [0.1, 0.15) is 25.4 Å². The lowest BCUT2D eigenvalue weighted by Gasteiger charge is -2.11. The Morgan fingerprint density at radius 1 is 1.60 bits per heavy atom. The summed E-state index contributed by atoms with van der Waals surface area (Å²) >= 11 is 0. The molecule has 0 saturated carbocycles. The van der Waals surface area contributed by atoms with Crippen LogP contribution in [-0.2, 0) is 11.2 Å². The molecule has 5 heteroatoms. The minimum absolute atomic E-state index is 0.564. The largest absolute Gasteiger partial charge is 0.480 e. The standard InChI is InChI=1S/C10H15N3O2/c1-4-8-5-9(13-7(3)12-8)11-6(2)10(14)15/h5-6H,4H2,1-3H3,(H,14,15)(H,11,12,13)/t6-/m1/s1. The van der Waals surface area contributed by atoms with Gasteiger partial charge in [-0.2, -0.15) is 0 Å². The van der Waals surface area contributed by atoms with Crippen LogP contribution < -0.4 is 5.32 Å². The molecular formula is C10H15N3O2. The summed E-state index contributed by atoms with van der Waals surface area (Å²) in [5, 5.41) is 11.5. The fourth-order valence-electron chi connectivity index (χ4n) is 1.17. The molecule has 1 rings (SSSR count). The molecule has 82 valence electrons. The Hall–Kier alpha value is -1.65. The fraction of sp³-hybridized carbons (Fsp3) is 0.500. The number of carboxylic acid groups (broad SMARTS) is 1. The Balaban J connectivity index is 2.85. The number of hydrogen-bond acceptors (Lipinski definition) is 4. The summed E-state index contributed by atoms with van der Waals surface area (Å²) in [6, 6.07) is 1.12. The third-order valence-corrected chi connectivity index (χ3v) is 1.99. The summed E-state index contributed by atoms with van der Waals surface area (Å²) in [7, 11) is 0. The Kier molecular flexibility index (Phi) is 3.60. The molecule has 0 fully saturated rings. The van der Waals surface area contributed by atoms with Gasteiger partial charge >= 0.3 is 5.97 Å². The summed E-state index contributed by atoms with van der Waals surface area (Å²) in [5.74, 6) is 0.313. The first-order valence-corrected chi connectivity index (χ1v) is 4.86. The predicted octanol–water partition coefficient (Wildman–Crippen LogP) is 1.23. The molecule has 1 aromatic heterocycles. The van der Waals surface area contributed by atoms with Crippen molar-refractivity contribution in [2.45, 2.75) is 33.2 Å². The van der Waals surface area contributed by atoms with Gasteiger partial charge in [0.1, 0.15) is 17.7 Å². The summed E-state index contributed by atoms with van der Waals surface area (Å²) in [5.41, 5.74) is 0.905. The summed E-state index contributed by atoms with van der Waals surface area (Å²) in [6.45, 7) is 5.35. The lowest BCUT2D eigenvalue weighted by atomic mass is 10.3. The van der Waals surface area contributed by atoms with E-state index in [2.05, 4.69) is 15.3 Å². The number of carboxylic acids is 1. The third-order valence-electron chi connectivity index (χ3n) is 1.99. The molecule has 0 aromatic carbocycles. The number of nitrogens with zero attached hydrogens (tertiary/aromatic N) is 2. The number of carbonyl (C=O) groups is 1. The molecule has 0 unspecified atom stereocenters. The Morgan fingerprint density at radius 2 is 2.27 bits per heavy atom. The average molecular weight is 209 g/mol. The van der Waals surface area contributed by atoms with Crippen LogP contribution in [0.15, 0.2) is 6.07 Å². The van der Waals surface area contributed by atoms with Crippen molar-refractivity contribution in [3.8, 4) is 0 Å². The van der Waals surface area contributed by atoms with Crippen molar-refractivity contribution in [1.82, 2.24) is 9.97 Å². The van der Waals surface area contributed by atoms with Gasteiger partial charge in [-0.3, -0.25) is 4.79 Å². The molecule has 0 saturated heterocycles. The van der Waals surface area contributed by atoms with E-state index in [-0.39, 0.29) is 0 Å². The summed E-state index contributed by atoms with van der Waals surface area (Å²) in [6.07, 6.45) is 0.805. The van der Waals surface area contributed by atoms with Crippen LogP contribution in [0.5, 0.6) is 0 Å². The van der Waals surface area contributed by atoms with Gasteiger partial charge in [0.2, 0.25) is 0 Å². The first-order valence-electron chi connectivity index (χ1n) is 4.86. The van der Waals surface area contributed by atoms with Gasteiger partial charge < -0.3 is 10.4 Å². The zero-order valence-electron chi connectivity index (χ0n) is 9.11. The molecule has 1 atom stereocenters. The smallest absolute Gasteiger partial charge is 0.325 e. The fourth-order valence-corrected chi connectivity index (χ4v) is 1.17. The van der Waals surface area contributed by atoms with Gasteiger partial charge in [-0.1, -0.05) is 6.92 Å². The molecule has 1 heterocycles. The van der Waals surface area contributed by atoms with E-state index >= 15 is 0 Å². The highest BCUT2D eigenvalue weighted by Crippen LogP contribution is 2.08. The van der Waals surface area contributed by atoms with Gasteiger partial charge in [-0.25, -0.2) is 9.97 Å². The normalized spacial score (nSPS) is 12.2. The highest BCUT2D eigenvalue weighted by atomic mass is 16.4. The highest BCUT2D eigenvalue weighted by Gasteiger charge is 2.11. The Morgan fingerprint density at radius 3 is 2.80 bits per heavy atom. The lowest BCUT2D eigenvalue weighted by molar-refractivity contribution is -0.137. The van der Waals surface area contributed by atoms with Crippen molar-refractivity contribution in [3.05, 3.63) is 17.6 Å². The summed E-state index contributed by atoms with van der Waals surface area (Å²) < 4.78 is 0. The van der Waals surface area contributed by atoms with Crippen molar-refractivity contribution in [2.24, 2.45) is 0 Å². The van der Waals surface area contributed by atoms with Crippen LogP contribution in [0, 0.1) is 6.92 Å². The van der Waals surface area contributed by atoms with Gasteiger partial charge in [-0.15, -0.1) is 0 Å². The van der Waals surface area contributed by atoms with Gasteiger partial charge in [0.05, 0.1) is 0 Å². The first kappa shape index (κ1) is 11.4. The quantitative estimate of drug-likeness (QED) is 0.780. The first-order chi connectivity index (χ1) is 7.02. The van der Waals surface area contributed by atoms with E-state index in [1.165, 1.54) is 0 Å². The number of aryl methyl sites for hydroxylation is 2. The molecule has 0 amide bonds. The number of hydrogen-bond donors (Lipinski definition) is 2. The van der Waals surface area contributed by atoms with Crippen molar-refractivity contribution in [3.63, 3.8) is 0 Å². The van der Waals surface area contributed by atoms with Crippen molar-refractivity contribution in [2.75, 3.05) is 5.32 Å². The van der Waals surface area contributed by atoms with E-state index in [9.17, 15) is 4.79 Å². The van der Waals surface area contributed by atoms with Crippen molar-refractivity contribution >= 4 is 11.8 Å². The zero-order valence-corrected chi connectivity index (χ0v) is 9.11. The lowest BCUT2D eigenvalue weighted by Crippen LogP contribution is -2.26. The number of aromatic nitrogens is 2. The van der Waals surface area contributed by atoms with Gasteiger partial charge in [0.15, 0.2) is 0 Å². The maximum Gasteiger partial charge on any atom is 0.325 e. The zero-order chi connectivity index (χ0) is 11.4. The SMILES string of the molecule is CCc1cc(N[C@H](C)C(=O)O)nc(C)n1. The number of nitrogens with one attached hydrogen (secondary N) is 1. The average Bonchev–Trinajstić information content (AvgIpc) is 2.16. The molecule has 0 aliphatic carbocycles. The van der Waals surface area contributed by atoms with Gasteiger partial charge in [-0.05, 0) is 20.3 Å². The van der Waals surface area contributed by atoms with Gasteiger partial charge in [0.25, 0.3) is 0 Å². The number of aliphatic carboxylic acids is 1. The molecule has 0 spiro atoms. The van der Waals surface area contributed by atoms with Crippen LogP contribution in [0.4, 0.5) is 5.82 Å². The van der Waals surface area contributed by atoms with Crippen LogP contribution in [-0.4, -0.2) is 27.1 Å². The summed E-state index contributed by atoms with van der Waals surface area (Å²) in [4.78, 5) is 19.0. The predicted molar refractivity (Wildman–Crippen MR) is 56.9 cm³/mol. The molecular weight excluding hydrogens is 194 g/mol. The second kappa shape index (κ2) is 4.72. The van der Waals surface area contributed by atoms with E-state index in [4.69, 9.17) is 5.11 Å². The van der Waals surface area contributed by atoms with E-state index in [0.717, 1.165) is 12.1 Å². The van der Waals surface area contributed by atoms with Crippen LogP contribution >= 0.6 is 0 Å². The molecule has 2 N–H and O–H groups in total. The Bertz CT molecular complexity index is 366. The van der Waals surface area contributed by atoms with Crippen molar-refractivity contribution < 1.29 is 9.90 Å². The van der Waals surface area contributed by atoms with E-state index < -0.39 is 12.0 Å². The van der Waals surface area contributed by atoms with Crippen molar-refractivity contribution in [1.29, 1.82) is 0 Å². The van der Waals surface area contributed by atoms with Crippen LogP contribution in [0.25, 0.3) is 0 Å². The second-order valence-electron chi connectivity index (χ2n) is 3.35. The molecule has 0 radical (unpaired) electrons. The van der Waals surface area contributed by atoms with E-state index in [0.29, 0.717) is 11.6 Å². The molecule has 0 aliphatic rings. The maximum atomic E-state index is 10.6.